The summed E-state index contributed by atoms with van der Waals surface area (Å²) in [5.41, 5.74) is 0.0382. The van der Waals surface area contributed by atoms with Gasteiger partial charge in [0.1, 0.15) is 5.82 Å². The maximum atomic E-state index is 14.2. The zero-order valence-electron chi connectivity index (χ0n) is 13.9. The molecule has 2 rings (SSSR count). The van der Waals surface area contributed by atoms with Crippen LogP contribution in [0.4, 0.5) is 4.39 Å². The molecule has 1 aliphatic rings. The monoisotopic (exact) mass is 349 g/mol. The van der Waals surface area contributed by atoms with Gasteiger partial charge < -0.3 is 15.1 Å². The highest BCUT2D eigenvalue weighted by Crippen LogP contribution is 2.38. The van der Waals surface area contributed by atoms with Crippen molar-refractivity contribution in [1.29, 1.82) is 0 Å². The van der Waals surface area contributed by atoms with Crippen molar-refractivity contribution in [3.05, 3.63) is 47.0 Å². The van der Waals surface area contributed by atoms with Crippen LogP contribution in [0.2, 0.25) is 0 Å². The summed E-state index contributed by atoms with van der Waals surface area (Å²) in [6, 6.07) is 4.85. The third-order valence-electron chi connectivity index (χ3n) is 4.17. The van der Waals surface area contributed by atoms with Crippen LogP contribution < -0.4 is 0 Å². The standard InChI is InChI=1S/C18H20FNO5/c1-11(21)15-16(12-7-4-5-8-13(12)19)20(18(25)17(15)24)10-6-2-3-9-14(22)23/h4-5,7-8,16,24H,2-3,6,9-10H2,1H3,(H,22,23). The Bertz CT molecular complexity index is 728. The third kappa shape index (κ3) is 4.04. The number of halogens is 1. The number of aliphatic hydroxyl groups is 1. The van der Waals surface area contributed by atoms with Crippen molar-refractivity contribution in [2.75, 3.05) is 6.54 Å². The normalized spacial score (nSPS) is 17.3. The molecule has 0 radical (unpaired) electrons. The van der Waals surface area contributed by atoms with E-state index in [1.54, 1.807) is 6.07 Å². The molecular formula is C18H20FNO5. The second-order valence-electron chi connectivity index (χ2n) is 5.95. The summed E-state index contributed by atoms with van der Waals surface area (Å²) < 4.78 is 14.2. The zero-order chi connectivity index (χ0) is 18.6. The number of benzene rings is 1. The molecule has 1 aromatic rings. The van der Waals surface area contributed by atoms with Gasteiger partial charge in [-0.3, -0.25) is 14.4 Å². The fraction of sp³-hybridized carbons (Fsp3) is 0.389. The van der Waals surface area contributed by atoms with E-state index >= 15 is 0 Å². The Kier molecular flexibility index (Phi) is 5.90. The topological polar surface area (TPSA) is 94.9 Å². The molecule has 0 bridgehead atoms. The number of carboxylic acid groups (broad SMARTS) is 1. The number of amides is 1. The molecule has 0 saturated carbocycles. The smallest absolute Gasteiger partial charge is 0.303 e. The van der Waals surface area contributed by atoms with Gasteiger partial charge in [0, 0.05) is 18.5 Å². The first-order valence-electron chi connectivity index (χ1n) is 8.05. The lowest BCUT2D eigenvalue weighted by atomic mass is 9.96. The van der Waals surface area contributed by atoms with Gasteiger partial charge in [-0.2, -0.15) is 0 Å². The lowest BCUT2D eigenvalue weighted by Gasteiger charge is -2.26. The first kappa shape index (κ1) is 18.6. The number of carbonyl (C=O) groups is 3. The molecule has 2 N–H and O–H groups in total. The number of nitrogens with zero attached hydrogens (tertiary/aromatic N) is 1. The molecule has 7 heteroatoms. The second kappa shape index (κ2) is 7.92. The van der Waals surface area contributed by atoms with E-state index in [2.05, 4.69) is 0 Å². The lowest BCUT2D eigenvalue weighted by molar-refractivity contribution is -0.137. The van der Waals surface area contributed by atoms with Gasteiger partial charge in [0.2, 0.25) is 0 Å². The average molecular weight is 349 g/mol. The van der Waals surface area contributed by atoms with Gasteiger partial charge in [0.25, 0.3) is 5.91 Å². The van der Waals surface area contributed by atoms with Crippen molar-refractivity contribution in [2.24, 2.45) is 0 Å². The maximum Gasteiger partial charge on any atom is 0.303 e. The van der Waals surface area contributed by atoms with E-state index in [0.29, 0.717) is 19.3 Å². The number of ketones is 1. The van der Waals surface area contributed by atoms with Crippen molar-refractivity contribution >= 4 is 17.7 Å². The third-order valence-corrected chi connectivity index (χ3v) is 4.17. The quantitative estimate of drug-likeness (QED) is 0.704. The Morgan fingerprint density at radius 3 is 2.48 bits per heavy atom. The molecule has 134 valence electrons. The molecule has 0 aromatic heterocycles. The molecule has 1 aromatic carbocycles. The summed E-state index contributed by atoms with van der Waals surface area (Å²) in [7, 11) is 0. The molecule has 25 heavy (non-hydrogen) atoms. The van der Waals surface area contributed by atoms with Gasteiger partial charge in [-0.1, -0.05) is 24.6 Å². The fourth-order valence-corrected chi connectivity index (χ4v) is 3.00. The molecule has 0 spiro atoms. The minimum absolute atomic E-state index is 0.0346. The van der Waals surface area contributed by atoms with Crippen molar-refractivity contribution in [3.63, 3.8) is 0 Å². The second-order valence-corrected chi connectivity index (χ2v) is 5.95. The van der Waals surface area contributed by atoms with Crippen LogP contribution in [0.15, 0.2) is 35.6 Å². The highest BCUT2D eigenvalue weighted by Gasteiger charge is 2.42. The lowest BCUT2D eigenvalue weighted by Crippen LogP contribution is -2.32. The van der Waals surface area contributed by atoms with Crippen molar-refractivity contribution in [3.8, 4) is 0 Å². The van der Waals surface area contributed by atoms with E-state index in [9.17, 15) is 23.9 Å². The predicted octanol–water partition coefficient (Wildman–Crippen LogP) is 2.76. The number of carbonyl (C=O) groups excluding carboxylic acids is 2. The first-order chi connectivity index (χ1) is 11.8. The zero-order valence-corrected chi connectivity index (χ0v) is 13.9. The van der Waals surface area contributed by atoms with E-state index in [4.69, 9.17) is 5.11 Å². The maximum absolute atomic E-state index is 14.2. The van der Waals surface area contributed by atoms with Crippen LogP contribution in [0.1, 0.15) is 44.2 Å². The van der Waals surface area contributed by atoms with Crippen LogP contribution in [0, 0.1) is 5.82 Å². The van der Waals surface area contributed by atoms with Crippen LogP contribution in [0.25, 0.3) is 0 Å². The number of hydrogen-bond donors (Lipinski definition) is 2. The number of unbranched alkanes of at least 4 members (excludes halogenated alkanes) is 2. The van der Waals surface area contributed by atoms with E-state index in [1.807, 2.05) is 0 Å². The van der Waals surface area contributed by atoms with E-state index in [1.165, 1.54) is 30.0 Å². The Hall–Kier alpha value is -2.70. The van der Waals surface area contributed by atoms with Crippen LogP contribution in [-0.2, 0) is 14.4 Å². The summed E-state index contributed by atoms with van der Waals surface area (Å²) in [4.78, 5) is 36.0. The Morgan fingerprint density at radius 1 is 1.20 bits per heavy atom. The van der Waals surface area contributed by atoms with Crippen molar-refractivity contribution in [1.82, 2.24) is 4.90 Å². The summed E-state index contributed by atoms with van der Waals surface area (Å²) in [6.45, 7) is 1.42. The summed E-state index contributed by atoms with van der Waals surface area (Å²) in [5.74, 6) is -3.31. The van der Waals surface area contributed by atoms with Gasteiger partial charge in [-0.05, 0) is 25.8 Å². The summed E-state index contributed by atoms with van der Waals surface area (Å²) >= 11 is 0. The average Bonchev–Trinajstić information content (AvgIpc) is 2.79. The Morgan fingerprint density at radius 2 is 1.88 bits per heavy atom. The summed E-state index contributed by atoms with van der Waals surface area (Å²) in [5, 5.41) is 18.7. The SMILES string of the molecule is CC(=O)C1=C(O)C(=O)N(CCCCCC(=O)O)C1c1ccccc1F. The highest BCUT2D eigenvalue weighted by atomic mass is 19.1. The van der Waals surface area contributed by atoms with Crippen LogP contribution in [0.3, 0.4) is 0 Å². The van der Waals surface area contributed by atoms with Gasteiger partial charge in [0.15, 0.2) is 11.5 Å². The predicted molar refractivity (Wildman–Crippen MR) is 87.3 cm³/mol. The molecule has 0 fully saturated rings. The van der Waals surface area contributed by atoms with E-state index in [-0.39, 0.29) is 24.1 Å². The molecule has 1 heterocycles. The van der Waals surface area contributed by atoms with Crippen LogP contribution >= 0.6 is 0 Å². The molecule has 1 atom stereocenters. The van der Waals surface area contributed by atoms with Gasteiger partial charge in [-0.15, -0.1) is 0 Å². The number of aliphatic hydroxyl groups excluding tert-OH is 1. The minimum Gasteiger partial charge on any atom is -0.503 e. The molecule has 0 aliphatic carbocycles. The highest BCUT2D eigenvalue weighted by molar-refractivity contribution is 6.08. The largest absolute Gasteiger partial charge is 0.503 e. The Balaban J connectivity index is 2.22. The molecule has 6 nitrogen and oxygen atoms in total. The summed E-state index contributed by atoms with van der Waals surface area (Å²) in [6.07, 6.45) is 1.55. The van der Waals surface area contributed by atoms with Crippen molar-refractivity contribution in [2.45, 2.75) is 38.6 Å². The number of Topliss-reactive ketones (excluding diaryl/α,β-unsaturated/α-hetero) is 1. The van der Waals surface area contributed by atoms with Crippen LogP contribution in [-0.4, -0.2) is 39.3 Å². The number of aliphatic carboxylic acids is 1. The van der Waals surface area contributed by atoms with Crippen molar-refractivity contribution < 1.29 is 29.0 Å². The van der Waals surface area contributed by atoms with Gasteiger partial charge in [-0.25, -0.2) is 4.39 Å². The minimum atomic E-state index is -0.967. The molecule has 1 unspecified atom stereocenters. The van der Waals surface area contributed by atoms with Gasteiger partial charge >= 0.3 is 5.97 Å². The Labute approximate surface area is 144 Å². The number of hydrogen-bond acceptors (Lipinski definition) is 4. The van der Waals surface area contributed by atoms with E-state index in [0.717, 1.165) is 0 Å². The number of carboxylic acids is 1. The molecular weight excluding hydrogens is 329 g/mol. The van der Waals surface area contributed by atoms with Crippen LogP contribution in [0.5, 0.6) is 0 Å². The number of rotatable bonds is 8. The molecule has 0 saturated heterocycles. The molecule has 1 aliphatic heterocycles. The van der Waals surface area contributed by atoms with Gasteiger partial charge in [0.05, 0.1) is 11.6 Å². The first-order valence-corrected chi connectivity index (χ1v) is 8.05. The van der Waals surface area contributed by atoms with E-state index < -0.39 is 35.3 Å². The molecule has 1 amide bonds. The fourth-order valence-electron chi connectivity index (χ4n) is 3.00.